The number of hydrogen-bond donors (Lipinski definition) is 1. The minimum absolute atomic E-state index is 0.0684. The van der Waals surface area contributed by atoms with E-state index < -0.39 is 0 Å². The fourth-order valence-electron chi connectivity index (χ4n) is 2.38. The highest BCUT2D eigenvalue weighted by molar-refractivity contribution is 6.32. The normalized spacial score (nSPS) is 14.6. The first kappa shape index (κ1) is 16.0. The summed E-state index contributed by atoms with van der Waals surface area (Å²) < 4.78 is 11.0. The van der Waals surface area contributed by atoms with E-state index in [2.05, 4.69) is 12.2 Å². The Bertz CT molecular complexity index is 505. The highest BCUT2D eigenvalue weighted by Crippen LogP contribution is 2.38. The average molecular weight is 312 g/mol. The standard InChI is InChI=1S/C16H22ClNO3/c1-3-4-11(2)16(19)18-6-5-12-9-13(17)15-14(10-12)20-7-8-21-15/h9-11H,3-8H2,1-2H3,(H,18,19). The first-order valence-corrected chi connectivity index (χ1v) is 7.85. The van der Waals surface area contributed by atoms with Gasteiger partial charge in [-0.15, -0.1) is 0 Å². The molecule has 1 aromatic carbocycles. The maximum absolute atomic E-state index is 11.8. The van der Waals surface area contributed by atoms with Gasteiger partial charge in [-0.05, 0) is 30.5 Å². The van der Waals surface area contributed by atoms with Crippen LogP contribution in [0.15, 0.2) is 12.1 Å². The summed E-state index contributed by atoms with van der Waals surface area (Å²) in [5.41, 5.74) is 1.03. The fraction of sp³-hybridized carbons (Fsp3) is 0.562. The van der Waals surface area contributed by atoms with Crippen molar-refractivity contribution in [3.8, 4) is 11.5 Å². The van der Waals surface area contributed by atoms with Crippen LogP contribution in [0.3, 0.4) is 0 Å². The van der Waals surface area contributed by atoms with Crippen molar-refractivity contribution in [2.24, 2.45) is 5.92 Å². The van der Waals surface area contributed by atoms with Gasteiger partial charge in [0.25, 0.3) is 0 Å². The van der Waals surface area contributed by atoms with Crippen molar-refractivity contribution in [1.29, 1.82) is 0 Å². The van der Waals surface area contributed by atoms with Crippen molar-refractivity contribution in [2.75, 3.05) is 19.8 Å². The van der Waals surface area contributed by atoms with E-state index in [4.69, 9.17) is 21.1 Å². The minimum atomic E-state index is 0.0684. The second-order valence-corrected chi connectivity index (χ2v) is 5.74. The number of halogens is 1. The highest BCUT2D eigenvalue weighted by atomic mass is 35.5. The van der Waals surface area contributed by atoms with Crippen LogP contribution in [-0.4, -0.2) is 25.7 Å². The molecule has 0 aromatic heterocycles. The topological polar surface area (TPSA) is 47.6 Å². The van der Waals surface area contributed by atoms with E-state index in [1.807, 2.05) is 19.1 Å². The van der Waals surface area contributed by atoms with Crippen LogP contribution in [0.25, 0.3) is 0 Å². The van der Waals surface area contributed by atoms with Crippen molar-refractivity contribution < 1.29 is 14.3 Å². The maximum atomic E-state index is 11.8. The van der Waals surface area contributed by atoms with Crippen LogP contribution in [0.2, 0.25) is 5.02 Å². The van der Waals surface area contributed by atoms with Crippen molar-refractivity contribution in [3.05, 3.63) is 22.7 Å². The summed E-state index contributed by atoms with van der Waals surface area (Å²) >= 11 is 6.19. The smallest absolute Gasteiger partial charge is 0.222 e. The van der Waals surface area contributed by atoms with E-state index >= 15 is 0 Å². The molecule has 0 saturated heterocycles. The Morgan fingerprint density at radius 2 is 2.14 bits per heavy atom. The number of ether oxygens (including phenoxy) is 2. The average Bonchev–Trinajstić information content (AvgIpc) is 2.47. The molecule has 1 atom stereocenters. The molecule has 21 heavy (non-hydrogen) atoms. The summed E-state index contributed by atoms with van der Waals surface area (Å²) in [6.45, 7) is 5.71. The van der Waals surface area contributed by atoms with E-state index in [-0.39, 0.29) is 11.8 Å². The SMILES string of the molecule is CCCC(C)C(=O)NCCc1cc(Cl)c2c(c1)OCCO2. The third-order valence-electron chi connectivity index (χ3n) is 3.54. The molecule has 1 heterocycles. The van der Waals surface area contributed by atoms with Gasteiger partial charge in [0, 0.05) is 12.5 Å². The highest BCUT2D eigenvalue weighted by Gasteiger charge is 2.17. The van der Waals surface area contributed by atoms with Gasteiger partial charge >= 0.3 is 0 Å². The minimum Gasteiger partial charge on any atom is -0.486 e. The van der Waals surface area contributed by atoms with Crippen LogP contribution in [-0.2, 0) is 11.2 Å². The predicted molar refractivity (Wildman–Crippen MR) is 83.2 cm³/mol. The summed E-state index contributed by atoms with van der Waals surface area (Å²) in [5, 5.41) is 3.52. The number of carbonyl (C=O) groups excluding carboxylic acids is 1. The van der Waals surface area contributed by atoms with Crippen molar-refractivity contribution in [3.63, 3.8) is 0 Å². The number of nitrogens with one attached hydrogen (secondary N) is 1. The molecule has 0 bridgehead atoms. The number of fused-ring (bicyclic) bond motifs is 1. The van der Waals surface area contributed by atoms with Gasteiger partial charge in [0.15, 0.2) is 11.5 Å². The Morgan fingerprint density at radius 3 is 2.90 bits per heavy atom. The molecule has 0 spiro atoms. The quantitative estimate of drug-likeness (QED) is 0.877. The zero-order chi connectivity index (χ0) is 15.2. The van der Waals surface area contributed by atoms with E-state index in [9.17, 15) is 4.79 Å². The Kier molecular flexibility index (Phi) is 5.74. The van der Waals surface area contributed by atoms with Crippen LogP contribution < -0.4 is 14.8 Å². The summed E-state index contributed by atoms with van der Waals surface area (Å²) in [5.74, 6) is 1.49. The molecule has 1 aliphatic rings. The molecule has 1 aliphatic heterocycles. The molecule has 4 nitrogen and oxygen atoms in total. The first-order chi connectivity index (χ1) is 10.1. The van der Waals surface area contributed by atoms with Gasteiger partial charge in [-0.2, -0.15) is 0 Å². The molecule has 1 amide bonds. The number of rotatable bonds is 6. The molecule has 1 N–H and O–H groups in total. The van der Waals surface area contributed by atoms with Crippen LogP contribution >= 0.6 is 11.6 Å². The Balaban J connectivity index is 1.89. The van der Waals surface area contributed by atoms with Gasteiger partial charge in [0.1, 0.15) is 13.2 Å². The molecular formula is C16H22ClNO3. The number of hydrogen-bond acceptors (Lipinski definition) is 3. The lowest BCUT2D eigenvalue weighted by molar-refractivity contribution is -0.124. The number of carbonyl (C=O) groups is 1. The molecule has 5 heteroatoms. The molecule has 0 radical (unpaired) electrons. The number of amides is 1. The van der Waals surface area contributed by atoms with Crippen LogP contribution in [0.4, 0.5) is 0 Å². The molecule has 1 unspecified atom stereocenters. The lowest BCUT2D eigenvalue weighted by Gasteiger charge is -2.20. The molecule has 2 rings (SSSR count). The van der Waals surface area contributed by atoms with Crippen molar-refractivity contribution >= 4 is 17.5 Å². The largest absolute Gasteiger partial charge is 0.486 e. The van der Waals surface area contributed by atoms with Gasteiger partial charge in [-0.1, -0.05) is 31.9 Å². The lowest BCUT2D eigenvalue weighted by atomic mass is 10.1. The van der Waals surface area contributed by atoms with Gasteiger partial charge in [0.05, 0.1) is 5.02 Å². The van der Waals surface area contributed by atoms with Crippen LogP contribution in [0, 0.1) is 5.92 Å². The second kappa shape index (κ2) is 7.55. The third kappa shape index (κ3) is 4.27. The fourth-order valence-corrected chi connectivity index (χ4v) is 2.66. The van der Waals surface area contributed by atoms with E-state index in [1.165, 1.54) is 0 Å². The van der Waals surface area contributed by atoms with Gasteiger partial charge in [-0.25, -0.2) is 0 Å². The Labute approximate surface area is 130 Å². The van der Waals surface area contributed by atoms with Crippen LogP contribution in [0.5, 0.6) is 11.5 Å². The summed E-state index contributed by atoms with van der Waals surface area (Å²) in [4.78, 5) is 11.8. The predicted octanol–water partition coefficient (Wildman–Crippen LogP) is 3.21. The maximum Gasteiger partial charge on any atom is 0.222 e. The summed E-state index contributed by atoms with van der Waals surface area (Å²) in [6.07, 6.45) is 2.66. The second-order valence-electron chi connectivity index (χ2n) is 5.33. The van der Waals surface area contributed by atoms with Crippen molar-refractivity contribution in [2.45, 2.75) is 33.1 Å². The lowest BCUT2D eigenvalue weighted by Crippen LogP contribution is -2.30. The molecule has 0 saturated carbocycles. The van der Waals surface area contributed by atoms with Gasteiger partial charge < -0.3 is 14.8 Å². The van der Waals surface area contributed by atoms with Gasteiger partial charge in [0.2, 0.25) is 5.91 Å². The zero-order valence-corrected chi connectivity index (χ0v) is 13.3. The first-order valence-electron chi connectivity index (χ1n) is 7.47. The van der Waals surface area contributed by atoms with E-state index in [0.29, 0.717) is 36.3 Å². The Hall–Kier alpha value is -1.42. The molecule has 0 fully saturated rings. The van der Waals surface area contributed by atoms with Crippen molar-refractivity contribution in [1.82, 2.24) is 5.32 Å². The summed E-state index contributed by atoms with van der Waals surface area (Å²) in [6, 6.07) is 3.80. The van der Waals surface area contributed by atoms with E-state index in [1.54, 1.807) is 0 Å². The summed E-state index contributed by atoms with van der Waals surface area (Å²) in [7, 11) is 0. The molecular weight excluding hydrogens is 290 g/mol. The Morgan fingerprint density at radius 1 is 1.38 bits per heavy atom. The molecule has 116 valence electrons. The molecule has 1 aromatic rings. The zero-order valence-electron chi connectivity index (χ0n) is 12.6. The monoisotopic (exact) mass is 311 g/mol. The number of benzene rings is 1. The van der Waals surface area contributed by atoms with Gasteiger partial charge in [-0.3, -0.25) is 4.79 Å². The van der Waals surface area contributed by atoms with Crippen LogP contribution in [0.1, 0.15) is 32.3 Å². The molecule has 0 aliphatic carbocycles. The van der Waals surface area contributed by atoms with E-state index in [0.717, 1.165) is 24.8 Å². The third-order valence-corrected chi connectivity index (χ3v) is 3.82.